The average Bonchev–Trinajstić information content (AvgIpc) is 2.03. The standard InChI is InChI=1S/C10H22O2/c1-4-5-7-12-8-6-9(2)10(3)11/h9-11H,4-8H2,1-3H3. The van der Waals surface area contributed by atoms with Crippen LogP contribution < -0.4 is 0 Å². The Labute approximate surface area is 75.9 Å². The molecule has 0 radical (unpaired) electrons. The molecule has 0 fully saturated rings. The van der Waals surface area contributed by atoms with E-state index in [4.69, 9.17) is 9.84 Å². The highest BCUT2D eigenvalue weighted by atomic mass is 16.5. The van der Waals surface area contributed by atoms with Crippen LogP contribution in [0.15, 0.2) is 0 Å². The molecule has 0 aromatic rings. The van der Waals surface area contributed by atoms with Gasteiger partial charge in [0.05, 0.1) is 6.10 Å². The third kappa shape index (κ3) is 6.62. The van der Waals surface area contributed by atoms with Gasteiger partial charge in [-0.3, -0.25) is 0 Å². The summed E-state index contributed by atoms with van der Waals surface area (Å²) in [6.45, 7) is 7.68. The zero-order valence-corrected chi connectivity index (χ0v) is 8.55. The van der Waals surface area contributed by atoms with Crippen LogP contribution in [0.1, 0.15) is 40.0 Å². The second-order valence-electron chi connectivity index (χ2n) is 3.47. The molecule has 2 atom stereocenters. The minimum Gasteiger partial charge on any atom is -0.393 e. The summed E-state index contributed by atoms with van der Waals surface area (Å²) in [6.07, 6.45) is 3.08. The van der Waals surface area contributed by atoms with Gasteiger partial charge >= 0.3 is 0 Å². The summed E-state index contributed by atoms with van der Waals surface area (Å²) in [6, 6.07) is 0. The molecule has 0 aromatic heterocycles. The van der Waals surface area contributed by atoms with Crippen molar-refractivity contribution in [1.29, 1.82) is 0 Å². The van der Waals surface area contributed by atoms with Crippen LogP contribution in [0.3, 0.4) is 0 Å². The molecule has 12 heavy (non-hydrogen) atoms. The molecule has 0 aliphatic carbocycles. The van der Waals surface area contributed by atoms with Crippen molar-refractivity contribution in [3.63, 3.8) is 0 Å². The second-order valence-corrected chi connectivity index (χ2v) is 3.47. The molecule has 0 saturated carbocycles. The van der Waals surface area contributed by atoms with E-state index in [0.29, 0.717) is 5.92 Å². The Kier molecular flexibility index (Phi) is 7.51. The number of rotatable bonds is 7. The average molecular weight is 174 g/mol. The largest absolute Gasteiger partial charge is 0.393 e. The molecule has 0 aromatic carbocycles. The van der Waals surface area contributed by atoms with Crippen LogP contribution in [-0.2, 0) is 4.74 Å². The quantitative estimate of drug-likeness (QED) is 0.600. The van der Waals surface area contributed by atoms with E-state index >= 15 is 0 Å². The lowest BCUT2D eigenvalue weighted by Crippen LogP contribution is -2.15. The number of aliphatic hydroxyl groups excluding tert-OH is 1. The highest BCUT2D eigenvalue weighted by Gasteiger charge is 2.07. The zero-order valence-electron chi connectivity index (χ0n) is 8.55. The summed E-state index contributed by atoms with van der Waals surface area (Å²) < 4.78 is 5.38. The molecule has 0 aliphatic heterocycles. The molecular formula is C10H22O2. The Hall–Kier alpha value is -0.0800. The van der Waals surface area contributed by atoms with Gasteiger partial charge in [0.25, 0.3) is 0 Å². The van der Waals surface area contributed by atoms with Gasteiger partial charge in [0.1, 0.15) is 0 Å². The van der Waals surface area contributed by atoms with Crippen LogP contribution in [0.4, 0.5) is 0 Å². The van der Waals surface area contributed by atoms with Gasteiger partial charge in [0, 0.05) is 13.2 Å². The Morgan fingerprint density at radius 1 is 1.25 bits per heavy atom. The van der Waals surface area contributed by atoms with Gasteiger partial charge in [0.15, 0.2) is 0 Å². The lowest BCUT2D eigenvalue weighted by atomic mass is 10.0. The van der Waals surface area contributed by atoms with E-state index in [1.165, 1.54) is 6.42 Å². The van der Waals surface area contributed by atoms with E-state index in [1.54, 1.807) is 0 Å². The van der Waals surface area contributed by atoms with E-state index in [1.807, 2.05) is 13.8 Å². The van der Waals surface area contributed by atoms with Gasteiger partial charge < -0.3 is 9.84 Å². The molecule has 0 saturated heterocycles. The normalized spacial score (nSPS) is 16.0. The summed E-state index contributed by atoms with van der Waals surface area (Å²) in [5, 5.41) is 9.17. The maximum absolute atomic E-state index is 9.17. The van der Waals surface area contributed by atoms with E-state index in [0.717, 1.165) is 26.1 Å². The molecule has 2 nitrogen and oxygen atoms in total. The van der Waals surface area contributed by atoms with Gasteiger partial charge in [-0.25, -0.2) is 0 Å². The first-order valence-corrected chi connectivity index (χ1v) is 4.94. The van der Waals surface area contributed by atoms with Crippen molar-refractivity contribution in [2.45, 2.75) is 46.1 Å². The minimum atomic E-state index is -0.209. The fraction of sp³-hybridized carbons (Fsp3) is 1.00. The fourth-order valence-corrected chi connectivity index (χ4v) is 0.859. The molecule has 0 heterocycles. The maximum Gasteiger partial charge on any atom is 0.0538 e. The first kappa shape index (κ1) is 11.9. The van der Waals surface area contributed by atoms with Gasteiger partial charge in [-0.2, -0.15) is 0 Å². The van der Waals surface area contributed by atoms with Gasteiger partial charge in [-0.15, -0.1) is 0 Å². The predicted octanol–water partition coefficient (Wildman–Crippen LogP) is 2.21. The molecule has 2 heteroatoms. The maximum atomic E-state index is 9.17. The molecule has 0 bridgehead atoms. The van der Waals surface area contributed by atoms with Crippen LogP contribution in [-0.4, -0.2) is 24.4 Å². The van der Waals surface area contributed by atoms with Crippen LogP contribution in [0.2, 0.25) is 0 Å². The van der Waals surface area contributed by atoms with Crippen LogP contribution >= 0.6 is 0 Å². The highest BCUT2D eigenvalue weighted by molar-refractivity contribution is 4.57. The second kappa shape index (κ2) is 7.56. The molecule has 0 aliphatic rings. The fourth-order valence-electron chi connectivity index (χ4n) is 0.859. The van der Waals surface area contributed by atoms with Gasteiger partial charge in [0.2, 0.25) is 0 Å². The lowest BCUT2D eigenvalue weighted by Gasteiger charge is -2.13. The van der Waals surface area contributed by atoms with Crippen LogP contribution in [0, 0.1) is 5.92 Å². The first-order valence-electron chi connectivity index (χ1n) is 4.94. The van der Waals surface area contributed by atoms with E-state index < -0.39 is 0 Å². The number of aliphatic hydroxyl groups is 1. The van der Waals surface area contributed by atoms with E-state index in [-0.39, 0.29) is 6.10 Å². The van der Waals surface area contributed by atoms with Crippen molar-refractivity contribution >= 4 is 0 Å². The number of hydrogen-bond donors (Lipinski definition) is 1. The van der Waals surface area contributed by atoms with Crippen molar-refractivity contribution in [2.24, 2.45) is 5.92 Å². The summed E-state index contributed by atoms with van der Waals surface area (Å²) in [5.74, 6) is 0.353. The molecule has 2 unspecified atom stereocenters. The van der Waals surface area contributed by atoms with E-state index in [2.05, 4.69) is 6.92 Å². The first-order chi connectivity index (χ1) is 5.68. The molecule has 74 valence electrons. The Balaban J connectivity index is 3.08. The molecule has 0 spiro atoms. The number of ether oxygens (including phenoxy) is 1. The Bertz CT molecular complexity index is 91.8. The van der Waals surface area contributed by atoms with Gasteiger partial charge in [-0.1, -0.05) is 20.3 Å². The van der Waals surface area contributed by atoms with Crippen molar-refractivity contribution in [3.05, 3.63) is 0 Å². The molecule has 0 amide bonds. The SMILES string of the molecule is CCCCOCCC(C)C(C)O. The molecule has 1 N–H and O–H groups in total. The topological polar surface area (TPSA) is 29.5 Å². The Morgan fingerprint density at radius 3 is 2.42 bits per heavy atom. The summed E-state index contributed by atoms with van der Waals surface area (Å²) in [4.78, 5) is 0. The summed E-state index contributed by atoms with van der Waals surface area (Å²) >= 11 is 0. The summed E-state index contributed by atoms with van der Waals surface area (Å²) in [5.41, 5.74) is 0. The van der Waals surface area contributed by atoms with Crippen molar-refractivity contribution in [1.82, 2.24) is 0 Å². The van der Waals surface area contributed by atoms with Crippen LogP contribution in [0.5, 0.6) is 0 Å². The van der Waals surface area contributed by atoms with Gasteiger partial charge in [-0.05, 0) is 25.7 Å². The molecule has 0 rings (SSSR count). The Morgan fingerprint density at radius 2 is 1.92 bits per heavy atom. The number of hydrogen-bond acceptors (Lipinski definition) is 2. The third-order valence-electron chi connectivity index (χ3n) is 2.18. The van der Waals surface area contributed by atoms with Crippen molar-refractivity contribution in [3.8, 4) is 0 Å². The third-order valence-corrected chi connectivity index (χ3v) is 2.18. The molecular weight excluding hydrogens is 152 g/mol. The lowest BCUT2D eigenvalue weighted by molar-refractivity contribution is 0.0802. The smallest absolute Gasteiger partial charge is 0.0538 e. The van der Waals surface area contributed by atoms with Crippen molar-refractivity contribution < 1.29 is 9.84 Å². The zero-order chi connectivity index (χ0) is 9.40. The highest BCUT2D eigenvalue weighted by Crippen LogP contribution is 2.07. The van der Waals surface area contributed by atoms with Crippen LogP contribution in [0.25, 0.3) is 0 Å². The van der Waals surface area contributed by atoms with E-state index in [9.17, 15) is 0 Å². The monoisotopic (exact) mass is 174 g/mol. The van der Waals surface area contributed by atoms with Crippen molar-refractivity contribution in [2.75, 3.05) is 13.2 Å². The number of unbranched alkanes of at least 4 members (excludes halogenated alkanes) is 1. The minimum absolute atomic E-state index is 0.209. The summed E-state index contributed by atoms with van der Waals surface area (Å²) in [7, 11) is 0. The predicted molar refractivity (Wildman–Crippen MR) is 51.2 cm³/mol.